The second-order valence-electron chi connectivity index (χ2n) is 3.10. The second-order valence-corrected chi connectivity index (χ2v) is 3.10. The molecule has 1 aromatic carbocycles. The summed E-state index contributed by atoms with van der Waals surface area (Å²) in [5.74, 6) is -0.115. The molecule has 4 heteroatoms. The van der Waals surface area contributed by atoms with Gasteiger partial charge in [0.15, 0.2) is 0 Å². The molecule has 0 saturated heterocycles. The van der Waals surface area contributed by atoms with Crippen molar-refractivity contribution < 1.29 is 37.5 Å². The fraction of sp³-hybridized carbons (Fsp3) is 0.0909. The van der Waals surface area contributed by atoms with E-state index in [9.17, 15) is 4.79 Å². The number of carbonyl (C=O) groups is 1. The standard InChI is InChI=1S/C11H11N2O.Y/c1-12-11(14)10-7-8-5-3-4-6-9(8)13(10)2;/h3-7H,2H2,1H3,(H,12,14);/q-1;. The number of para-hydroxylation sites is 1. The Morgan fingerprint density at radius 3 is 2.67 bits per heavy atom. The Morgan fingerprint density at radius 2 is 2.07 bits per heavy atom. The van der Waals surface area contributed by atoms with Gasteiger partial charge in [0.25, 0.3) is 0 Å². The van der Waals surface area contributed by atoms with Gasteiger partial charge in [-0.05, 0) is 0 Å². The molecule has 1 amide bonds. The first-order valence-electron chi connectivity index (χ1n) is 4.37. The van der Waals surface area contributed by atoms with Crippen molar-refractivity contribution in [1.82, 2.24) is 9.88 Å². The molecule has 0 aliphatic rings. The topological polar surface area (TPSA) is 34.0 Å². The summed E-state index contributed by atoms with van der Waals surface area (Å²) in [6, 6.07) is 9.60. The van der Waals surface area contributed by atoms with Gasteiger partial charge in [0.05, 0.1) is 0 Å². The van der Waals surface area contributed by atoms with E-state index in [-0.39, 0.29) is 38.6 Å². The Hall–Kier alpha value is -0.796. The quantitative estimate of drug-likeness (QED) is 0.789. The number of aromatic nitrogens is 1. The van der Waals surface area contributed by atoms with E-state index < -0.39 is 0 Å². The van der Waals surface area contributed by atoms with Crippen LogP contribution < -0.4 is 5.32 Å². The van der Waals surface area contributed by atoms with Gasteiger partial charge in [0.1, 0.15) is 0 Å². The summed E-state index contributed by atoms with van der Waals surface area (Å²) in [6.07, 6.45) is 0. The van der Waals surface area contributed by atoms with Crippen molar-refractivity contribution in [2.45, 2.75) is 0 Å². The van der Waals surface area contributed by atoms with Crippen LogP contribution in [0.1, 0.15) is 10.5 Å². The number of nitrogens with zero attached hydrogens (tertiary/aromatic N) is 1. The maximum atomic E-state index is 11.4. The maximum absolute atomic E-state index is 11.4. The number of fused-ring (bicyclic) bond motifs is 1. The second kappa shape index (κ2) is 4.82. The van der Waals surface area contributed by atoms with Gasteiger partial charge in [-0.3, -0.25) is 4.79 Å². The monoisotopic (exact) mass is 276 g/mol. The molecule has 0 bridgehead atoms. The molecule has 1 N–H and O–H groups in total. The summed E-state index contributed by atoms with van der Waals surface area (Å²) in [7, 11) is 5.44. The molecule has 0 fully saturated rings. The summed E-state index contributed by atoms with van der Waals surface area (Å²) >= 11 is 0. The molecule has 75 valence electrons. The van der Waals surface area contributed by atoms with E-state index in [1.54, 1.807) is 11.6 Å². The van der Waals surface area contributed by atoms with E-state index >= 15 is 0 Å². The zero-order valence-electron chi connectivity index (χ0n) is 8.53. The molecule has 0 aliphatic carbocycles. The van der Waals surface area contributed by atoms with Gasteiger partial charge in [-0.25, -0.2) is 0 Å². The third kappa shape index (κ3) is 2.08. The Bertz CT molecular complexity index is 490. The maximum Gasteiger partial charge on any atom is 0.211 e. The van der Waals surface area contributed by atoms with Crippen LogP contribution in [0, 0.1) is 7.05 Å². The van der Waals surface area contributed by atoms with Gasteiger partial charge >= 0.3 is 0 Å². The Kier molecular flexibility index (Phi) is 3.94. The van der Waals surface area contributed by atoms with Crippen molar-refractivity contribution in [2.24, 2.45) is 0 Å². The van der Waals surface area contributed by atoms with E-state index in [4.69, 9.17) is 0 Å². The fourth-order valence-electron chi connectivity index (χ4n) is 1.53. The van der Waals surface area contributed by atoms with Crippen molar-refractivity contribution in [3.8, 4) is 0 Å². The summed E-state index contributed by atoms with van der Waals surface area (Å²) in [6.45, 7) is 0. The van der Waals surface area contributed by atoms with Crippen molar-refractivity contribution >= 4 is 16.8 Å². The van der Waals surface area contributed by atoms with Crippen molar-refractivity contribution in [3.05, 3.63) is 43.1 Å². The Balaban J connectivity index is 0.00000112. The third-order valence-corrected chi connectivity index (χ3v) is 2.27. The van der Waals surface area contributed by atoms with Crippen LogP contribution in [0.25, 0.3) is 10.9 Å². The first-order valence-corrected chi connectivity index (χ1v) is 4.37. The van der Waals surface area contributed by atoms with Gasteiger partial charge in [-0.2, -0.15) is 0 Å². The van der Waals surface area contributed by atoms with E-state index in [0.29, 0.717) is 5.69 Å². The predicted octanol–water partition coefficient (Wildman–Crippen LogP) is 1.64. The minimum Gasteiger partial charge on any atom is -0.477 e. The van der Waals surface area contributed by atoms with E-state index in [2.05, 4.69) is 12.4 Å². The molecule has 0 saturated carbocycles. The summed E-state index contributed by atoms with van der Waals surface area (Å²) < 4.78 is 1.65. The third-order valence-electron chi connectivity index (χ3n) is 2.27. The van der Waals surface area contributed by atoms with Gasteiger partial charge < -0.3 is 9.88 Å². The molecule has 0 aliphatic heterocycles. The van der Waals surface area contributed by atoms with Crippen LogP contribution in [0.5, 0.6) is 0 Å². The molecule has 2 aromatic rings. The molecule has 0 spiro atoms. The van der Waals surface area contributed by atoms with Crippen LogP contribution in [0.15, 0.2) is 30.3 Å². The first-order chi connectivity index (χ1) is 6.74. The van der Waals surface area contributed by atoms with Gasteiger partial charge in [0.2, 0.25) is 5.91 Å². The summed E-state index contributed by atoms with van der Waals surface area (Å²) in [5.41, 5.74) is 1.54. The molecule has 1 heterocycles. The van der Waals surface area contributed by atoms with E-state index in [0.717, 1.165) is 10.9 Å². The summed E-state index contributed by atoms with van der Waals surface area (Å²) in [5, 5.41) is 3.61. The smallest absolute Gasteiger partial charge is 0.211 e. The number of carbonyl (C=O) groups excluding carboxylic acids is 1. The van der Waals surface area contributed by atoms with Crippen molar-refractivity contribution in [3.63, 3.8) is 0 Å². The number of rotatable bonds is 1. The molecule has 2 rings (SSSR count). The fourth-order valence-corrected chi connectivity index (χ4v) is 1.53. The average molecular weight is 276 g/mol. The zero-order valence-corrected chi connectivity index (χ0v) is 11.4. The normalized spacial score (nSPS) is 9.67. The molecular weight excluding hydrogens is 265 g/mol. The van der Waals surface area contributed by atoms with E-state index in [1.807, 2.05) is 30.3 Å². The van der Waals surface area contributed by atoms with Crippen LogP contribution in [-0.2, 0) is 32.7 Å². The number of nitrogens with one attached hydrogen (secondary N) is 1. The molecule has 1 radical (unpaired) electrons. The SMILES string of the molecule is [CH2-]n1c(C(=O)NC)cc2ccccc21.[Y]. The zero-order chi connectivity index (χ0) is 10.1. The van der Waals surface area contributed by atoms with Crippen LogP contribution >= 0.6 is 0 Å². The number of benzene rings is 1. The Morgan fingerprint density at radius 1 is 1.40 bits per heavy atom. The molecule has 0 unspecified atom stereocenters. The predicted molar refractivity (Wildman–Crippen MR) is 56.1 cm³/mol. The largest absolute Gasteiger partial charge is 0.477 e. The molecule has 1 aromatic heterocycles. The van der Waals surface area contributed by atoms with Gasteiger partial charge in [-0.1, -0.05) is 41.2 Å². The van der Waals surface area contributed by atoms with Gasteiger partial charge in [0, 0.05) is 45.5 Å². The first kappa shape index (κ1) is 12.3. The number of hydrogen-bond donors (Lipinski definition) is 1. The van der Waals surface area contributed by atoms with Crippen LogP contribution in [0.4, 0.5) is 0 Å². The van der Waals surface area contributed by atoms with Crippen molar-refractivity contribution in [2.75, 3.05) is 7.05 Å². The summed E-state index contributed by atoms with van der Waals surface area (Å²) in [4.78, 5) is 11.4. The van der Waals surface area contributed by atoms with E-state index in [1.165, 1.54) is 0 Å². The molecule has 0 atom stereocenters. The average Bonchev–Trinajstić information content (AvgIpc) is 2.56. The van der Waals surface area contributed by atoms with Crippen LogP contribution in [-0.4, -0.2) is 17.5 Å². The molecule has 15 heavy (non-hydrogen) atoms. The van der Waals surface area contributed by atoms with Gasteiger partial charge in [-0.15, -0.1) is 7.05 Å². The molecular formula is C11H11N2OY-. The number of amides is 1. The van der Waals surface area contributed by atoms with Crippen LogP contribution in [0.3, 0.4) is 0 Å². The van der Waals surface area contributed by atoms with Crippen molar-refractivity contribution in [1.29, 1.82) is 0 Å². The van der Waals surface area contributed by atoms with Crippen LogP contribution in [0.2, 0.25) is 0 Å². The minimum absolute atomic E-state index is 0. The minimum atomic E-state index is -0.115. The number of hydrogen-bond acceptors (Lipinski definition) is 1. The Labute approximate surface area is 114 Å². The molecule has 3 nitrogen and oxygen atoms in total.